The summed E-state index contributed by atoms with van der Waals surface area (Å²) in [6.45, 7) is 1.70. The molecule has 0 aliphatic carbocycles. The lowest BCUT2D eigenvalue weighted by Gasteiger charge is -2.19. The van der Waals surface area contributed by atoms with Crippen molar-refractivity contribution in [1.82, 2.24) is 5.32 Å². The van der Waals surface area contributed by atoms with Crippen LogP contribution in [0.4, 0.5) is 0 Å². The van der Waals surface area contributed by atoms with E-state index in [0.29, 0.717) is 0 Å². The van der Waals surface area contributed by atoms with Crippen molar-refractivity contribution in [1.29, 1.82) is 0 Å². The van der Waals surface area contributed by atoms with Gasteiger partial charge >= 0.3 is 11.9 Å². The number of rotatable bonds is 9. The number of amides is 1. The molecule has 0 spiro atoms. The largest absolute Gasteiger partial charge is 0.469 e. The third-order valence-electron chi connectivity index (χ3n) is 3.36. The molecule has 1 aromatic rings. The summed E-state index contributed by atoms with van der Waals surface area (Å²) in [7, 11) is 2.48. The first kappa shape index (κ1) is 19.6. The molecule has 1 aromatic carbocycles. The predicted octanol–water partition coefficient (Wildman–Crippen LogP) is 1.06. The van der Waals surface area contributed by atoms with Crippen LogP contribution < -0.4 is 5.32 Å². The van der Waals surface area contributed by atoms with E-state index in [1.54, 1.807) is 6.92 Å². The van der Waals surface area contributed by atoms with Crippen LogP contribution in [0.15, 0.2) is 30.3 Å². The molecule has 0 aliphatic rings. The first-order chi connectivity index (χ1) is 11.5. The lowest BCUT2D eigenvalue weighted by atomic mass is 10.0. The molecule has 1 rings (SSSR count). The number of carbonyl (C=O) groups is 3. The van der Waals surface area contributed by atoms with Gasteiger partial charge in [0.2, 0.25) is 5.91 Å². The van der Waals surface area contributed by atoms with Gasteiger partial charge < -0.3 is 19.5 Å². The fourth-order valence-electron chi connectivity index (χ4n) is 2.08. The van der Waals surface area contributed by atoms with Crippen LogP contribution in [0, 0.1) is 5.92 Å². The van der Waals surface area contributed by atoms with Gasteiger partial charge in [-0.25, -0.2) is 4.79 Å². The van der Waals surface area contributed by atoms with E-state index in [4.69, 9.17) is 4.74 Å². The number of benzene rings is 1. The summed E-state index contributed by atoms with van der Waals surface area (Å²) in [6, 6.07) is 8.47. The van der Waals surface area contributed by atoms with E-state index in [1.165, 1.54) is 14.2 Å². The van der Waals surface area contributed by atoms with Gasteiger partial charge in [-0.05, 0) is 12.0 Å². The molecule has 0 aromatic heterocycles. The molecule has 2 atom stereocenters. The highest BCUT2D eigenvalue weighted by molar-refractivity contribution is 5.85. The number of hydrogen-bond donors (Lipinski definition) is 1. The van der Waals surface area contributed by atoms with Crippen molar-refractivity contribution in [2.24, 2.45) is 5.92 Å². The average Bonchev–Trinajstić information content (AvgIpc) is 2.60. The maximum atomic E-state index is 11.9. The number of hydrogen-bond acceptors (Lipinski definition) is 6. The normalized spacial score (nSPS) is 12.8. The lowest BCUT2D eigenvalue weighted by Crippen LogP contribution is -2.44. The quantitative estimate of drug-likeness (QED) is 0.678. The molecule has 0 bridgehead atoms. The number of nitrogens with one attached hydrogen (secondary N) is 1. The Bertz CT molecular complexity index is 545. The highest BCUT2D eigenvalue weighted by Gasteiger charge is 2.27. The molecule has 0 heterocycles. The molecule has 7 nitrogen and oxygen atoms in total. The second-order valence-corrected chi connectivity index (χ2v) is 5.28. The fraction of sp³-hybridized carbons (Fsp3) is 0.471. The van der Waals surface area contributed by atoms with E-state index in [-0.39, 0.29) is 19.6 Å². The van der Waals surface area contributed by atoms with Crippen LogP contribution in [-0.4, -0.2) is 44.7 Å². The summed E-state index contributed by atoms with van der Waals surface area (Å²) in [5.74, 6) is -2.09. The summed E-state index contributed by atoms with van der Waals surface area (Å²) < 4.78 is 14.6. The first-order valence-corrected chi connectivity index (χ1v) is 7.54. The third-order valence-corrected chi connectivity index (χ3v) is 3.36. The van der Waals surface area contributed by atoms with Crippen molar-refractivity contribution < 1.29 is 28.6 Å². The lowest BCUT2D eigenvalue weighted by molar-refractivity contribution is -0.149. The van der Waals surface area contributed by atoms with Gasteiger partial charge in [0.1, 0.15) is 12.6 Å². The monoisotopic (exact) mass is 337 g/mol. The van der Waals surface area contributed by atoms with Gasteiger partial charge in [-0.2, -0.15) is 0 Å². The molecule has 0 saturated carbocycles. The summed E-state index contributed by atoms with van der Waals surface area (Å²) in [5.41, 5.74) is 0.939. The van der Waals surface area contributed by atoms with Crippen LogP contribution >= 0.6 is 0 Å². The summed E-state index contributed by atoms with van der Waals surface area (Å²) in [4.78, 5) is 35.1. The number of carbonyl (C=O) groups excluding carboxylic acids is 3. The molecular weight excluding hydrogens is 314 g/mol. The second kappa shape index (κ2) is 10.4. The van der Waals surface area contributed by atoms with Crippen LogP contribution in [-0.2, 0) is 35.2 Å². The van der Waals surface area contributed by atoms with Gasteiger partial charge in [-0.3, -0.25) is 9.59 Å². The van der Waals surface area contributed by atoms with Gasteiger partial charge in [0.15, 0.2) is 0 Å². The van der Waals surface area contributed by atoms with Crippen LogP contribution in [0.1, 0.15) is 18.9 Å². The maximum absolute atomic E-state index is 11.9. The molecule has 24 heavy (non-hydrogen) atoms. The van der Waals surface area contributed by atoms with Crippen LogP contribution in [0.25, 0.3) is 0 Å². The summed E-state index contributed by atoms with van der Waals surface area (Å²) in [5, 5.41) is 2.52. The van der Waals surface area contributed by atoms with E-state index in [9.17, 15) is 14.4 Å². The van der Waals surface area contributed by atoms with Crippen molar-refractivity contribution >= 4 is 17.8 Å². The first-order valence-electron chi connectivity index (χ1n) is 7.54. The molecule has 0 fully saturated rings. The Morgan fingerprint density at radius 3 is 2.25 bits per heavy atom. The Labute approximate surface area is 141 Å². The van der Waals surface area contributed by atoms with Gasteiger partial charge in [-0.15, -0.1) is 0 Å². The van der Waals surface area contributed by atoms with Crippen LogP contribution in [0.3, 0.4) is 0 Å². The van der Waals surface area contributed by atoms with Crippen molar-refractivity contribution in [2.45, 2.75) is 26.0 Å². The second-order valence-electron chi connectivity index (χ2n) is 5.28. The zero-order valence-electron chi connectivity index (χ0n) is 14.1. The van der Waals surface area contributed by atoms with Gasteiger partial charge in [0.05, 0.1) is 26.7 Å². The van der Waals surface area contributed by atoms with Crippen molar-refractivity contribution in [3.63, 3.8) is 0 Å². The van der Waals surface area contributed by atoms with Gasteiger partial charge in [0.25, 0.3) is 0 Å². The minimum Gasteiger partial charge on any atom is -0.469 e. The Hall–Kier alpha value is -2.41. The number of methoxy groups -OCH3 is 2. The molecule has 1 N–H and O–H groups in total. The van der Waals surface area contributed by atoms with E-state index < -0.39 is 29.8 Å². The molecule has 0 radical (unpaired) electrons. The summed E-state index contributed by atoms with van der Waals surface area (Å²) >= 11 is 0. The van der Waals surface area contributed by atoms with Crippen molar-refractivity contribution in [3.8, 4) is 0 Å². The van der Waals surface area contributed by atoms with Crippen LogP contribution in [0.2, 0.25) is 0 Å². The molecule has 132 valence electrons. The predicted molar refractivity (Wildman–Crippen MR) is 85.8 cm³/mol. The maximum Gasteiger partial charge on any atom is 0.328 e. The molecule has 0 unspecified atom stereocenters. The zero-order chi connectivity index (χ0) is 17.9. The summed E-state index contributed by atoms with van der Waals surface area (Å²) in [6.07, 6.45) is 0.0871. The molecular formula is C17H23NO6. The topological polar surface area (TPSA) is 90.9 Å². The number of ether oxygens (including phenoxy) is 3. The Balaban J connectivity index is 2.48. The van der Waals surface area contributed by atoms with E-state index in [1.807, 2.05) is 30.3 Å². The molecule has 0 aliphatic heterocycles. The highest BCUT2D eigenvalue weighted by atomic mass is 16.5. The molecule has 7 heteroatoms. The standard InChI is InChI=1S/C17H23NO6/c1-12(16(20)22-2)9-14(17(21)23-3)18-15(19)11-24-10-13-7-5-4-6-8-13/h4-8,12,14H,9-11H2,1-3H3,(H,18,19)/t12-,14+/m1/s1. The van der Waals surface area contributed by atoms with Crippen LogP contribution in [0.5, 0.6) is 0 Å². The zero-order valence-corrected chi connectivity index (χ0v) is 14.1. The van der Waals surface area contributed by atoms with E-state index in [0.717, 1.165) is 5.56 Å². The minimum atomic E-state index is -0.933. The van der Waals surface area contributed by atoms with Crippen molar-refractivity contribution in [2.75, 3.05) is 20.8 Å². The van der Waals surface area contributed by atoms with E-state index in [2.05, 4.69) is 14.8 Å². The fourth-order valence-corrected chi connectivity index (χ4v) is 2.08. The third kappa shape index (κ3) is 6.78. The number of esters is 2. The van der Waals surface area contributed by atoms with Gasteiger partial charge in [-0.1, -0.05) is 37.3 Å². The smallest absolute Gasteiger partial charge is 0.328 e. The Morgan fingerprint density at radius 1 is 1.04 bits per heavy atom. The van der Waals surface area contributed by atoms with Crippen molar-refractivity contribution in [3.05, 3.63) is 35.9 Å². The van der Waals surface area contributed by atoms with Gasteiger partial charge in [0, 0.05) is 0 Å². The van der Waals surface area contributed by atoms with E-state index >= 15 is 0 Å². The molecule has 1 amide bonds. The Morgan fingerprint density at radius 2 is 1.67 bits per heavy atom. The average molecular weight is 337 g/mol. The SMILES string of the molecule is COC(=O)[C@H](C)C[C@H](NC(=O)COCc1ccccc1)C(=O)OC. The highest BCUT2D eigenvalue weighted by Crippen LogP contribution is 2.09. The minimum absolute atomic E-state index is 0.0871. The Kier molecular flexibility index (Phi) is 8.49. The molecule has 0 saturated heterocycles.